The summed E-state index contributed by atoms with van der Waals surface area (Å²) in [7, 11) is 0. The fraction of sp³-hybridized carbons (Fsp3) is 0.103. The van der Waals surface area contributed by atoms with Gasteiger partial charge in [0.2, 0.25) is 0 Å². The lowest BCUT2D eigenvalue weighted by atomic mass is 9.35. The molecule has 33 heavy (non-hydrogen) atoms. The van der Waals surface area contributed by atoms with Crippen molar-refractivity contribution in [3.8, 4) is 28.7 Å². The lowest BCUT2D eigenvalue weighted by Gasteiger charge is -2.33. The van der Waals surface area contributed by atoms with Crippen molar-refractivity contribution in [2.45, 2.75) is 19.3 Å². The Morgan fingerprint density at radius 2 is 1.42 bits per heavy atom. The van der Waals surface area contributed by atoms with Crippen LogP contribution in [0.15, 0.2) is 84.9 Å². The molecule has 3 heterocycles. The van der Waals surface area contributed by atoms with Crippen molar-refractivity contribution in [1.29, 1.82) is 0 Å². The number of nitrogens with zero attached hydrogens (tertiary/aromatic N) is 1. The van der Waals surface area contributed by atoms with Gasteiger partial charge in [0.25, 0.3) is 6.71 Å². The second-order valence-electron chi connectivity index (χ2n) is 9.20. The van der Waals surface area contributed by atoms with Gasteiger partial charge in [0.1, 0.15) is 23.0 Å². The Hall–Kier alpha value is -3.92. The number of aromatic nitrogens is 1. The minimum Gasteiger partial charge on any atom is -0.458 e. The van der Waals surface area contributed by atoms with Crippen LogP contribution in [-0.4, -0.2) is 11.3 Å². The third-order valence-corrected chi connectivity index (χ3v) is 7.48. The number of para-hydroxylation sites is 2. The Kier molecular flexibility index (Phi) is 3.38. The molecular weight excluding hydrogens is 405 g/mol. The van der Waals surface area contributed by atoms with Gasteiger partial charge in [0, 0.05) is 28.3 Å². The highest BCUT2D eigenvalue weighted by Gasteiger charge is 2.39. The molecule has 5 aromatic rings. The Balaban J connectivity index is 1.36. The van der Waals surface area contributed by atoms with Crippen LogP contribution in [0.25, 0.3) is 16.6 Å². The van der Waals surface area contributed by atoms with Crippen LogP contribution < -0.4 is 25.9 Å². The highest BCUT2D eigenvalue weighted by Crippen LogP contribution is 2.38. The molecule has 1 aliphatic carbocycles. The van der Waals surface area contributed by atoms with Crippen LogP contribution in [0.3, 0.4) is 0 Å². The first-order chi connectivity index (χ1) is 16.4. The summed E-state index contributed by atoms with van der Waals surface area (Å²) in [5.41, 5.74) is 8.95. The predicted molar refractivity (Wildman–Crippen MR) is 133 cm³/mol. The van der Waals surface area contributed by atoms with E-state index in [1.54, 1.807) is 0 Å². The van der Waals surface area contributed by atoms with E-state index in [-0.39, 0.29) is 6.71 Å². The molecule has 156 valence electrons. The van der Waals surface area contributed by atoms with E-state index in [0.29, 0.717) is 0 Å². The molecule has 0 atom stereocenters. The van der Waals surface area contributed by atoms with Crippen LogP contribution in [0, 0.1) is 0 Å². The molecule has 0 spiro atoms. The summed E-state index contributed by atoms with van der Waals surface area (Å²) in [6.07, 6.45) is 3.52. The molecule has 8 rings (SSSR count). The second kappa shape index (κ2) is 6.32. The number of hydrogen-bond acceptors (Lipinski definition) is 2. The minimum absolute atomic E-state index is 0.117. The smallest absolute Gasteiger partial charge is 0.260 e. The average molecular weight is 425 g/mol. The zero-order chi connectivity index (χ0) is 21.5. The molecule has 0 fully saturated rings. The maximum Gasteiger partial charge on any atom is 0.260 e. The summed E-state index contributed by atoms with van der Waals surface area (Å²) in [6.45, 7) is 0.117. The van der Waals surface area contributed by atoms with Crippen molar-refractivity contribution >= 4 is 34.0 Å². The third kappa shape index (κ3) is 2.30. The summed E-state index contributed by atoms with van der Waals surface area (Å²) in [5.74, 6) is 3.64. The highest BCUT2D eigenvalue weighted by molar-refractivity contribution is 6.98. The molecule has 3 aliphatic rings. The largest absolute Gasteiger partial charge is 0.458 e. The Morgan fingerprint density at radius 3 is 2.36 bits per heavy atom. The molecule has 0 radical (unpaired) electrons. The number of rotatable bonds is 1. The SMILES string of the molecule is c1ccc2c(c1)Oc1cccc3c1B2c1ccc(-n2c4c(c5ccccc52)CCC4)cc1O3. The number of hydrogen-bond donors (Lipinski definition) is 0. The molecule has 1 aromatic heterocycles. The van der Waals surface area contributed by atoms with Gasteiger partial charge >= 0.3 is 0 Å². The lowest BCUT2D eigenvalue weighted by molar-refractivity contribution is 0.464. The van der Waals surface area contributed by atoms with Gasteiger partial charge in [-0.15, -0.1) is 0 Å². The van der Waals surface area contributed by atoms with Crippen LogP contribution in [0.5, 0.6) is 23.0 Å². The molecular formula is C29H20BNO2. The van der Waals surface area contributed by atoms with Gasteiger partial charge in [-0.3, -0.25) is 0 Å². The van der Waals surface area contributed by atoms with E-state index in [4.69, 9.17) is 9.47 Å². The van der Waals surface area contributed by atoms with Crippen LogP contribution in [0.1, 0.15) is 17.7 Å². The zero-order valence-corrected chi connectivity index (χ0v) is 18.0. The van der Waals surface area contributed by atoms with E-state index in [0.717, 1.165) is 34.9 Å². The van der Waals surface area contributed by atoms with E-state index < -0.39 is 0 Å². The first-order valence-electron chi connectivity index (χ1n) is 11.7. The normalized spacial score (nSPS) is 14.7. The number of ether oxygens (including phenoxy) is 2. The highest BCUT2D eigenvalue weighted by atomic mass is 16.5. The molecule has 3 nitrogen and oxygen atoms in total. The zero-order valence-electron chi connectivity index (χ0n) is 18.0. The molecule has 4 aromatic carbocycles. The van der Waals surface area contributed by atoms with E-state index in [9.17, 15) is 0 Å². The van der Waals surface area contributed by atoms with Gasteiger partial charge < -0.3 is 14.0 Å². The molecule has 0 N–H and O–H groups in total. The van der Waals surface area contributed by atoms with Gasteiger partial charge in [-0.2, -0.15) is 0 Å². The summed E-state index contributed by atoms with van der Waals surface area (Å²) in [5, 5.41) is 1.39. The van der Waals surface area contributed by atoms with Crippen molar-refractivity contribution in [3.63, 3.8) is 0 Å². The fourth-order valence-electron chi connectivity index (χ4n) is 6.13. The van der Waals surface area contributed by atoms with E-state index >= 15 is 0 Å². The molecule has 4 heteroatoms. The van der Waals surface area contributed by atoms with Crippen molar-refractivity contribution in [2.24, 2.45) is 0 Å². The first-order valence-corrected chi connectivity index (χ1v) is 11.7. The monoisotopic (exact) mass is 425 g/mol. The summed E-state index contributed by atoms with van der Waals surface area (Å²) >= 11 is 0. The molecule has 2 aliphatic heterocycles. The van der Waals surface area contributed by atoms with Gasteiger partial charge in [0.15, 0.2) is 0 Å². The maximum absolute atomic E-state index is 6.52. The van der Waals surface area contributed by atoms with Crippen LogP contribution in [0.2, 0.25) is 0 Å². The Bertz CT molecular complexity index is 1620. The minimum atomic E-state index is 0.117. The van der Waals surface area contributed by atoms with Gasteiger partial charge in [-0.25, -0.2) is 0 Å². The van der Waals surface area contributed by atoms with E-state index in [2.05, 4.69) is 71.3 Å². The van der Waals surface area contributed by atoms with Gasteiger partial charge in [-0.1, -0.05) is 48.5 Å². The number of fused-ring (bicyclic) bond motifs is 7. The maximum atomic E-state index is 6.52. The molecule has 0 saturated carbocycles. The molecule has 0 unspecified atom stereocenters. The first kappa shape index (κ1) is 17.6. The quantitative estimate of drug-likeness (QED) is 0.351. The number of benzene rings is 4. The summed E-state index contributed by atoms with van der Waals surface area (Å²) in [4.78, 5) is 0. The fourth-order valence-corrected chi connectivity index (χ4v) is 6.13. The molecule has 0 saturated heterocycles. The van der Waals surface area contributed by atoms with Gasteiger partial charge in [0.05, 0.1) is 5.52 Å². The topological polar surface area (TPSA) is 23.4 Å². The summed E-state index contributed by atoms with van der Waals surface area (Å²) < 4.78 is 15.2. The van der Waals surface area contributed by atoms with Crippen molar-refractivity contribution < 1.29 is 9.47 Å². The van der Waals surface area contributed by atoms with Gasteiger partial charge in [-0.05, 0) is 66.1 Å². The lowest BCUT2D eigenvalue weighted by Crippen LogP contribution is -2.57. The Labute approximate surface area is 192 Å². The van der Waals surface area contributed by atoms with Crippen LogP contribution in [0.4, 0.5) is 0 Å². The second-order valence-corrected chi connectivity index (χ2v) is 9.20. The Morgan fingerprint density at radius 1 is 0.667 bits per heavy atom. The summed E-state index contributed by atoms with van der Waals surface area (Å²) in [6, 6.07) is 30.0. The van der Waals surface area contributed by atoms with Crippen molar-refractivity contribution in [1.82, 2.24) is 4.57 Å². The third-order valence-electron chi connectivity index (χ3n) is 7.48. The molecule has 0 amide bonds. The average Bonchev–Trinajstić information content (AvgIpc) is 3.44. The van der Waals surface area contributed by atoms with Crippen molar-refractivity contribution in [2.75, 3.05) is 0 Å². The van der Waals surface area contributed by atoms with E-state index in [1.165, 1.54) is 51.6 Å². The predicted octanol–water partition coefficient (Wildman–Crippen LogP) is 4.85. The van der Waals surface area contributed by atoms with Crippen LogP contribution >= 0.6 is 0 Å². The van der Waals surface area contributed by atoms with E-state index in [1.807, 2.05) is 18.2 Å². The molecule has 0 bridgehead atoms. The van der Waals surface area contributed by atoms with Crippen molar-refractivity contribution in [3.05, 3.63) is 96.2 Å². The standard InChI is InChI=1S/C29H20BNO2/c1-3-10-23-19(7-1)20-8-5-11-24(20)31(23)18-15-16-22-28(17-18)33-27-14-6-13-26-29(27)30(22)21-9-2-4-12-25(21)32-26/h1-4,6-7,9-10,12-17H,5,8,11H2. The van der Waals surface area contributed by atoms with Crippen LogP contribution in [-0.2, 0) is 12.8 Å². The number of aryl methyl sites for hydroxylation is 1.